The molecule has 136 valence electrons. The molecule has 0 N–H and O–H groups in total. The molecule has 8 heteroatoms. The van der Waals surface area contributed by atoms with Crippen LogP contribution in [0.5, 0.6) is 0 Å². The van der Waals surface area contributed by atoms with E-state index < -0.39 is 28.8 Å². The molecule has 1 aliphatic rings. The van der Waals surface area contributed by atoms with Crippen molar-refractivity contribution in [3.8, 4) is 0 Å². The summed E-state index contributed by atoms with van der Waals surface area (Å²) in [5.74, 6) is 0. The highest BCUT2D eigenvalue weighted by molar-refractivity contribution is 7.89. The second kappa shape index (κ2) is 7.01. The molecule has 1 aromatic rings. The van der Waals surface area contributed by atoms with Gasteiger partial charge in [-0.25, -0.2) is 8.42 Å². The average molecular weight is 365 g/mol. The van der Waals surface area contributed by atoms with Crippen LogP contribution in [0.3, 0.4) is 0 Å². The number of nitrogens with zero attached hydrogens (tertiary/aromatic N) is 1. The highest BCUT2D eigenvalue weighted by Gasteiger charge is 2.42. The Morgan fingerprint density at radius 3 is 2.08 bits per heavy atom. The third-order valence-corrected chi connectivity index (χ3v) is 6.31. The van der Waals surface area contributed by atoms with Gasteiger partial charge in [0.1, 0.15) is 6.54 Å². The fourth-order valence-corrected chi connectivity index (χ4v) is 5.34. The smallest absolute Gasteiger partial charge is 0.381 e. The van der Waals surface area contributed by atoms with Crippen molar-refractivity contribution in [1.29, 1.82) is 0 Å². The molecule has 0 aromatic heterocycles. The summed E-state index contributed by atoms with van der Waals surface area (Å²) in [7, 11) is -4.25. The molecule has 4 nitrogen and oxygen atoms in total. The van der Waals surface area contributed by atoms with Gasteiger partial charge in [0, 0.05) is 19.3 Å². The van der Waals surface area contributed by atoms with Gasteiger partial charge < -0.3 is 4.74 Å². The van der Waals surface area contributed by atoms with Crippen LogP contribution in [-0.2, 0) is 14.8 Å². The topological polar surface area (TPSA) is 46.6 Å². The third-order valence-electron chi connectivity index (χ3n) is 4.10. The lowest BCUT2D eigenvalue weighted by Gasteiger charge is -2.34. The first-order valence-electron chi connectivity index (χ1n) is 7.76. The molecule has 0 saturated carbocycles. The van der Waals surface area contributed by atoms with Gasteiger partial charge >= 0.3 is 6.18 Å². The Morgan fingerprint density at radius 2 is 1.62 bits per heavy atom. The summed E-state index contributed by atoms with van der Waals surface area (Å²) < 4.78 is 71.0. The van der Waals surface area contributed by atoms with Crippen LogP contribution in [-0.4, -0.2) is 44.7 Å². The second-order valence-electron chi connectivity index (χ2n) is 6.24. The first kappa shape index (κ1) is 19.2. The lowest BCUT2D eigenvalue weighted by molar-refractivity contribution is -0.141. The zero-order valence-electron chi connectivity index (χ0n) is 14.0. The van der Waals surface area contributed by atoms with Crippen molar-refractivity contribution in [3.05, 3.63) is 28.8 Å². The van der Waals surface area contributed by atoms with Gasteiger partial charge in [-0.2, -0.15) is 17.5 Å². The molecule has 0 bridgehead atoms. The summed E-state index contributed by atoms with van der Waals surface area (Å²) in [5, 5.41) is 0. The molecule has 1 heterocycles. The number of sulfonamides is 1. The van der Waals surface area contributed by atoms with Crippen LogP contribution in [0.4, 0.5) is 13.2 Å². The minimum absolute atomic E-state index is 0.0242. The largest absolute Gasteiger partial charge is 0.402 e. The van der Waals surface area contributed by atoms with E-state index in [1.54, 1.807) is 26.0 Å². The molecule has 0 unspecified atom stereocenters. The van der Waals surface area contributed by atoms with E-state index in [0.717, 1.165) is 5.56 Å². The molecule has 1 aromatic carbocycles. The van der Waals surface area contributed by atoms with Crippen LogP contribution in [0, 0.1) is 20.8 Å². The lowest BCUT2D eigenvalue weighted by atomic mass is 10.1. The molecule has 0 radical (unpaired) electrons. The predicted molar refractivity (Wildman–Crippen MR) is 84.4 cm³/mol. The fraction of sp³-hybridized carbons (Fsp3) is 0.625. The predicted octanol–water partition coefficient (Wildman–Crippen LogP) is 3.34. The van der Waals surface area contributed by atoms with E-state index in [1.807, 2.05) is 6.92 Å². The van der Waals surface area contributed by atoms with Gasteiger partial charge in [-0.15, -0.1) is 0 Å². The van der Waals surface area contributed by atoms with Crippen LogP contribution in [0.2, 0.25) is 0 Å². The number of benzene rings is 1. The standard InChI is InChI=1S/C16H22F3NO3S/c1-11-8-12(2)15(13(3)9-11)24(21,22)20(10-16(17,18)19)14-4-6-23-7-5-14/h8-9,14H,4-7,10H2,1-3H3. The van der Waals surface area contributed by atoms with E-state index in [9.17, 15) is 21.6 Å². The van der Waals surface area contributed by atoms with Crippen molar-refractivity contribution >= 4 is 10.0 Å². The Labute approximate surface area is 140 Å². The Morgan fingerprint density at radius 1 is 1.12 bits per heavy atom. The summed E-state index contributed by atoms with van der Waals surface area (Å²) in [4.78, 5) is -0.0242. The summed E-state index contributed by atoms with van der Waals surface area (Å²) in [5.41, 5.74) is 1.80. The molecule has 1 aliphatic heterocycles. The van der Waals surface area contributed by atoms with Crippen molar-refractivity contribution in [2.45, 2.75) is 50.7 Å². The van der Waals surface area contributed by atoms with Crippen molar-refractivity contribution in [3.63, 3.8) is 0 Å². The van der Waals surface area contributed by atoms with E-state index in [4.69, 9.17) is 4.74 Å². The molecule has 0 spiro atoms. The second-order valence-corrected chi connectivity index (χ2v) is 8.06. The van der Waals surface area contributed by atoms with Crippen molar-refractivity contribution < 1.29 is 26.3 Å². The Bertz CT molecular complexity index is 672. The van der Waals surface area contributed by atoms with Crippen LogP contribution < -0.4 is 0 Å². The maximum atomic E-state index is 13.0. The van der Waals surface area contributed by atoms with Crippen molar-refractivity contribution in [2.24, 2.45) is 0 Å². The highest BCUT2D eigenvalue weighted by Crippen LogP contribution is 2.31. The molecular weight excluding hydrogens is 343 g/mol. The van der Waals surface area contributed by atoms with Crippen LogP contribution in [0.25, 0.3) is 0 Å². The summed E-state index contributed by atoms with van der Waals surface area (Å²) in [6.07, 6.45) is -4.07. The van der Waals surface area contributed by atoms with Gasteiger partial charge in [-0.05, 0) is 44.7 Å². The minimum atomic E-state index is -4.60. The number of halogens is 3. The van der Waals surface area contributed by atoms with E-state index >= 15 is 0 Å². The summed E-state index contributed by atoms with van der Waals surface area (Å²) in [6, 6.07) is 2.65. The monoisotopic (exact) mass is 365 g/mol. The molecular formula is C16H22F3NO3S. The van der Waals surface area contributed by atoms with Crippen LogP contribution >= 0.6 is 0 Å². The molecule has 0 aliphatic carbocycles. The normalized spacial score (nSPS) is 17.5. The van der Waals surface area contributed by atoms with Crippen LogP contribution in [0.1, 0.15) is 29.5 Å². The third kappa shape index (κ3) is 4.29. The molecule has 0 atom stereocenters. The number of hydrogen-bond donors (Lipinski definition) is 0. The van der Waals surface area contributed by atoms with Crippen molar-refractivity contribution in [1.82, 2.24) is 4.31 Å². The lowest BCUT2D eigenvalue weighted by Crippen LogP contribution is -2.48. The Hall–Kier alpha value is -1.12. The fourth-order valence-electron chi connectivity index (χ4n) is 3.25. The van der Waals surface area contributed by atoms with Gasteiger partial charge in [0.2, 0.25) is 10.0 Å². The SMILES string of the molecule is Cc1cc(C)c(S(=O)(=O)N(CC(F)(F)F)C2CCOCC2)c(C)c1. The first-order valence-corrected chi connectivity index (χ1v) is 9.20. The van der Waals surface area contributed by atoms with Gasteiger partial charge in [0.25, 0.3) is 0 Å². The van der Waals surface area contributed by atoms with Gasteiger partial charge in [0.05, 0.1) is 4.90 Å². The highest BCUT2D eigenvalue weighted by atomic mass is 32.2. The Balaban J connectivity index is 2.51. The maximum absolute atomic E-state index is 13.0. The van der Waals surface area contributed by atoms with Gasteiger partial charge in [0.15, 0.2) is 0 Å². The van der Waals surface area contributed by atoms with E-state index in [0.29, 0.717) is 15.4 Å². The number of alkyl halides is 3. The number of aryl methyl sites for hydroxylation is 3. The summed E-state index contributed by atoms with van der Waals surface area (Å²) >= 11 is 0. The Kier molecular flexibility index (Phi) is 5.61. The average Bonchev–Trinajstić information content (AvgIpc) is 2.43. The van der Waals surface area contributed by atoms with Crippen molar-refractivity contribution in [2.75, 3.05) is 19.8 Å². The first-order chi connectivity index (χ1) is 11.0. The molecule has 24 heavy (non-hydrogen) atoms. The molecule has 1 saturated heterocycles. The van der Waals surface area contributed by atoms with E-state index in [2.05, 4.69) is 0 Å². The van der Waals surface area contributed by atoms with Gasteiger partial charge in [-0.1, -0.05) is 17.7 Å². The number of ether oxygens (including phenoxy) is 1. The molecule has 2 rings (SSSR count). The zero-order valence-corrected chi connectivity index (χ0v) is 14.8. The minimum Gasteiger partial charge on any atom is -0.381 e. The van der Waals surface area contributed by atoms with Gasteiger partial charge in [-0.3, -0.25) is 0 Å². The van der Waals surface area contributed by atoms with E-state index in [1.165, 1.54) is 0 Å². The number of rotatable bonds is 4. The zero-order chi connectivity index (χ0) is 18.1. The van der Waals surface area contributed by atoms with E-state index in [-0.39, 0.29) is 31.0 Å². The quantitative estimate of drug-likeness (QED) is 0.822. The summed E-state index contributed by atoms with van der Waals surface area (Å²) in [6.45, 7) is 4.10. The maximum Gasteiger partial charge on any atom is 0.402 e. The number of hydrogen-bond acceptors (Lipinski definition) is 3. The molecule has 1 fully saturated rings. The van der Waals surface area contributed by atoms with Crippen LogP contribution in [0.15, 0.2) is 17.0 Å². The molecule has 0 amide bonds.